The van der Waals surface area contributed by atoms with Crippen LogP contribution in [0.15, 0.2) is 91.0 Å². The Kier molecular flexibility index (Phi) is 9.17. The summed E-state index contributed by atoms with van der Waals surface area (Å²) in [6, 6.07) is 29.7. The van der Waals surface area contributed by atoms with Crippen LogP contribution >= 0.6 is 7.26 Å². The van der Waals surface area contributed by atoms with Gasteiger partial charge in [0.1, 0.15) is 23.2 Å². The van der Waals surface area contributed by atoms with Gasteiger partial charge in [0, 0.05) is 6.92 Å². The maximum atomic E-state index is 13.0. The number of halogens is 4. The monoisotopic (exact) mass is 479 g/mol. The molecule has 0 aliphatic rings. The van der Waals surface area contributed by atoms with E-state index in [-0.39, 0.29) is 5.91 Å². The number of amides is 1. The first kappa shape index (κ1) is 26.1. The van der Waals surface area contributed by atoms with Crippen LogP contribution in [0.2, 0.25) is 0 Å². The molecule has 3 aromatic carbocycles. The second kappa shape index (κ2) is 11.6. The van der Waals surface area contributed by atoms with E-state index >= 15 is 0 Å². The second-order valence-corrected chi connectivity index (χ2v) is 10.4. The summed E-state index contributed by atoms with van der Waals surface area (Å²) in [6.45, 7) is 1.42. The number of nitrogens with one attached hydrogen (secondary N) is 1. The van der Waals surface area contributed by atoms with Crippen molar-refractivity contribution < 1.29 is 31.6 Å². The van der Waals surface area contributed by atoms with Crippen LogP contribution in [0.1, 0.15) is 6.92 Å². The number of hydrogen-bond donors (Lipinski definition) is 1. The fraction of sp³-hybridized carbons (Fsp3) is 0.130. The number of hydrogen-bond acceptors (Lipinski definition) is 3. The highest BCUT2D eigenvalue weighted by Crippen LogP contribution is 2.59. The topological polar surface area (TPSA) is 55.4 Å². The third kappa shape index (κ3) is 6.90. The predicted octanol–water partition coefficient (Wildman–Crippen LogP) is 3.92. The molecule has 0 aliphatic heterocycles. The molecule has 33 heavy (non-hydrogen) atoms. The lowest BCUT2D eigenvalue weighted by atomic mass is 10.3. The third-order valence-electron chi connectivity index (χ3n) is 4.64. The van der Waals surface area contributed by atoms with Crippen LogP contribution in [0.3, 0.4) is 0 Å². The molecule has 4 nitrogen and oxygen atoms in total. The van der Waals surface area contributed by atoms with Crippen molar-refractivity contribution in [3.63, 3.8) is 0 Å². The largest absolute Gasteiger partial charge is 0.673 e. The molecule has 0 fully saturated rings. The van der Waals surface area contributed by atoms with Crippen LogP contribution in [0.25, 0.3) is 0 Å². The molecule has 0 saturated heterocycles. The molecule has 3 aromatic rings. The first-order valence-corrected chi connectivity index (χ1v) is 11.7. The molecule has 0 aliphatic carbocycles. The molecule has 1 atom stereocenters. The van der Waals surface area contributed by atoms with Gasteiger partial charge >= 0.3 is 13.2 Å². The van der Waals surface area contributed by atoms with Crippen LogP contribution in [-0.2, 0) is 14.3 Å². The van der Waals surface area contributed by atoms with Gasteiger partial charge in [0.05, 0.1) is 7.11 Å². The van der Waals surface area contributed by atoms with Crippen molar-refractivity contribution in [2.24, 2.45) is 0 Å². The Hall–Kier alpha value is -3.19. The summed E-state index contributed by atoms with van der Waals surface area (Å²) in [6.07, 6.45) is 0. The molecule has 0 spiro atoms. The molecule has 0 bridgehead atoms. The van der Waals surface area contributed by atoms with Gasteiger partial charge in [-0.15, -0.1) is 0 Å². The molecular formula is C23H23BF4NO3P. The standard InChI is InChI=1S/C23H22NO3P.BF4/c1-18(25)24-22(23(26)27-2)28(19-12-6-3-7-13-19,20-14-8-4-9-15-20)21-16-10-5-11-17-21;2-1(3,4)5/h3-17,22H,1-2H3;/q;-1/p+1. The molecule has 0 heterocycles. The molecule has 10 heteroatoms. The second-order valence-electron chi connectivity index (χ2n) is 6.85. The van der Waals surface area contributed by atoms with Crippen LogP contribution in [-0.4, -0.2) is 32.0 Å². The van der Waals surface area contributed by atoms with E-state index < -0.39 is 26.3 Å². The van der Waals surface area contributed by atoms with Crippen molar-refractivity contribution in [3.8, 4) is 0 Å². The van der Waals surface area contributed by atoms with Crippen molar-refractivity contribution in [1.82, 2.24) is 5.32 Å². The van der Waals surface area contributed by atoms with E-state index in [1.54, 1.807) is 0 Å². The summed E-state index contributed by atoms with van der Waals surface area (Å²) >= 11 is 0. The molecule has 1 unspecified atom stereocenters. The molecule has 0 aromatic heterocycles. The Labute approximate surface area is 190 Å². The molecular weight excluding hydrogens is 456 g/mol. The van der Waals surface area contributed by atoms with E-state index in [4.69, 9.17) is 4.74 Å². The van der Waals surface area contributed by atoms with Gasteiger partial charge in [-0.05, 0) is 36.4 Å². The van der Waals surface area contributed by atoms with Crippen molar-refractivity contribution in [1.29, 1.82) is 0 Å². The SMILES string of the molecule is COC(=O)C(NC(C)=O)[P+](c1ccccc1)(c1ccccc1)c1ccccc1.F[B-](F)(F)F. The number of esters is 1. The zero-order valence-electron chi connectivity index (χ0n) is 18.0. The van der Waals surface area contributed by atoms with Gasteiger partial charge < -0.3 is 27.3 Å². The van der Waals surface area contributed by atoms with Gasteiger partial charge in [0.2, 0.25) is 5.91 Å². The lowest BCUT2D eigenvalue weighted by Crippen LogP contribution is -2.51. The smallest absolute Gasteiger partial charge is 0.465 e. The van der Waals surface area contributed by atoms with Crippen LogP contribution in [0.4, 0.5) is 17.3 Å². The Morgan fingerprint density at radius 1 is 0.758 bits per heavy atom. The number of benzene rings is 3. The first-order chi connectivity index (χ1) is 15.6. The van der Waals surface area contributed by atoms with Crippen LogP contribution in [0.5, 0.6) is 0 Å². The van der Waals surface area contributed by atoms with E-state index in [2.05, 4.69) is 5.32 Å². The van der Waals surface area contributed by atoms with Gasteiger partial charge in [0.15, 0.2) is 0 Å². The lowest BCUT2D eigenvalue weighted by molar-refractivity contribution is -0.142. The highest BCUT2D eigenvalue weighted by Gasteiger charge is 2.57. The molecule has 0 saturated carbocycles. The number of carbonyl (C=O) groups excluding carboxylic acids is 2. The van der Waals surface area contributed by atoms with Gasteiger partial charge in [-0.1, -0.05) is 54.6 Å². The maximum absolute atomic E-state index is 13.0. The molecule has 3 rings (SSSR count). The Morgan fingerprint density at radius 2 is 1.06 bits per heavy atom. The third-order valence-corrected chi connectivity index (χ3v) is 9.09. The number of ether oxygens (including phenoxy) is 1. The summed E-state index contributed by atoms with van der Waals surface area (Å²) in [4.78, 5) is 25.1. The number of methoxy groups -OCH3 is 1. The Morgan fingerprint density at radius 3 is 1.30 bits per heavy atom. The van der Waals surface area contributed by atoms with Crippen molar-refractivity contribution in [3.05, 3.63) is 91.0 Å². The van der Waals surface area contributed by atoms with E-state index in [9.17, 15) is 26.9 Å². The Bertz CT molecular complexity index is 935. The minimum atomic E-state index is -6.00. The minimum absolute atomic E-state index is 0.275. The normalized spacial score (nSPS) is 12.1. The quantitative estimate of drug-likeness (QED) is 0.253. The highest BCUT2D eigenvalue weighted by molar-refractivity contribution is 7.96. The van der Waals surface area contributed by atoms with Crippen molar-refractivity contribution in [2.45, 2.75) is 12.7 Å². The summed E-state index contributed by atoms with van der Waals surface area (Å²) in [5.74, 6) is -1.56. The van der Waals surface area contributed by atoms with Crippen LogP contribution < -0.4 is 21.2 Å². The predicted molar refractivity (Wildman–Crippen MR) is 125 cm³/mol. The van der Waals surface area contributed by atoms with Crippen LogP contribution in [0, 0.1) is 0 Å². The van der Waals surface area contributed by atoms with Crippen molar-refractivity contribution >= 4 is 42.3 Å². The lowest BCUT2D eigenvalue weighted by Gasteiger charge is -2.33. The first-order valence-electron chi connectivity index (χ1n) is 9.88. The zero-order chi connectivity index (χ0) is 24.5. The van der Waals surface area contributed by atoms with E-state index in [0.717, 1.165) is 15.9 Å². The maximum Gasteiger partial charge on any atom is 0.673 e. The molecule has 1 N–H and O–H groups in total. The van der Waals surface area contributed by atoms with Gasteiger partial charge in [-0.2, -0.15) is 0 Å². The fourth-order valence-corrected chi connectivity index (χ4v) is 8.02. The van der Waals surface area contributed by atoms with E-state index in [1.165, 1.54) is 14.0 Å². The number of carbonyl (C=O) groups is 2. The van der Waals surface area contributed by atoms with Gasteiger partial charge in [-0.25, -0.2) is 4.79 Å². The molecule has 1 amide bonds. The van der Waals surface area contributed by atoms with Gasteiger partial charge in [0.25, 0.3) is 5.78 Å². The Balaban J connectivity index is 0.000000696. The average Bonchev–Trinajstić information content (AvgIpc) is 2.79. The summed E-state index contributed by atoms with van der Waals surface area (Å²) in [5.41, 5.74) is 0. The summed E-state index contributed by atoms with van der Waals surface area (Å²) in [7, 11) is -7.24. The van der Waals surface area contributed by atoms with E-state index in [0.29, 0.717) is 0 Å². The minimum Gasteiger partial charge on any atom is -0.465 e. The average molecular weight is 479 g/mol. The molecule has 0 radical (unpaired) electrons. The van der Waals surface area contributed by atoms with Gasteiger partial charge in [-0.3, -0.25) is 4.79 Å². The van der Waals surface area contributed by atoms with Crippen molar-refractivity contribution in [2.75, 3.05) is 7.11 Å². The van der Waals surface area contributed by atoms with E-state index in [1.807, 2.05) is 91.0 Å². The number of rotatable bonds is 6. The fourth-order valence-electron chi connectivity index (χ4n) is 3.50. The summed E-state index contributed by atoms with van der Waals surface area (Å²) in [5, 5.41) is 5.89. The highest BCUT2D eigenvalue weighted by atomic mass is 31.2. The molecule has 174 valence electrons. The summed E-state index contributed by atoms with van der Waals surface area (Å²) < 4.78 is 44.2. The zero-order valence-corrected chi connectivity index (χ0v) is 18.9.